The van der Waals surface area contributed by atoms with E-state index in [4.69, 9.17) is 9.72 Å². The molecule has 0 radical (unpaired) electrons. The van der Waals surface area contributed by atoms with Crippen LogP contribution in [0.2, 0.25) is 0 Å². The number of fused-ring (bicyclic) bond motifs is 2. The van der Waals surface area contributed by atoms with Crippen LogP contribution < -0.4 is 15.4 Å². The lowest BCUT2D eigenvalue weighted by Crippen LogP contribution is -2.54. The SMILES string of the molecule is O=C1CCC(N2C(=O)c3ccc(OCCN4CCC(CN5CCN(Cc6ccc7c(c6)nc(NC(=O)c6cccc(C(F)(F)F)c6)n7-c6ccc(CO)cc6)CC5)CC4)cc3C2=O)C(=O)N1. The fourth-order valence-electron chi connectivity index (χ4n) is 9.31. The van der Waals surface area contributed by atoms with Gasteiger partial charge in [-0.15, -0.1) is 0 Å². The molecule has 1 atom stereocenters. The van der Waals surface area contributed by atoms with Crippen LogP contribution in [0.25, 0.3) is 16.7 Å². The van der Waals surface area contributed by atoms with Gasteiger partial charge in [-0.3, -0.25) is 53.9 Å². The van der Waals surface area contributed by atoms with Gasteiger partial charge in [0.05, 0.1) is 34.3 Å². The van der Waals surface area contributed by atoms with Crippen LogP contribution in [0.15, 0.2) is 84.9 Å². The first-order valence-corrected chi connectivity index (χ1v) is 22.2. The Morgan fingerprint density at radius 2 is 1.53 bits per heavy atom. The highest BCUT2D eigenvalue weighted by Gasteiger charge is 2.45. The number of imidazole rings is 1. The fourth-order valence-corrected chi connectivity index (χ4v) is 9.31. The molecule has 344 valence electrons. The van der Waals surface area contributed by atoms with Crippen LogP contribution in [0.5, 0.6) is 5.75 Å². The van der Waals surface area contributed by atoms with Crippen molar-refractivity contribution in [1.29, 1.82) is 0 Å². The highest BCUT2D eigenvalue weighted by atomic mass is 19.4. The van der Waals surface area contributed by atoms with Gasteiger partial charge in [0.25, 0.3) is 17.7 Å². The minimum Gasteiger partial charge on any atom is -0.492 e. The van der Waals surface area contributed by atoms with Crippen molar-refractivity contribution in [3.05, 3.63) is 118 Å². The molecule has 66 heavy (non-hydrogen) atoms. The van der Waals surface area contributed by atoms with Crippen molar-refractivity contribution in [3.63, 3.8) is 0 Å². The number of hydrogen-bond donors (Lipinski definition) is 3. The molecule has 1 unspecified atom stereocenters. The lowest BCUT2D eigenvalue weighted by atomic mass is 9.96. The maximum Gasteiger partial charge on any atom is 0.416 e. The number of rotatable bonds is 13. The van der Waals surface area contributed by atoms with E-state index < -0.39 is 47.3 Å². The number of nitrogens with one attached hydrogen (secondary N) is 2. The molecule has 3 saturated heterocycles. The Morgan fingerprint density at radius 3 is 2.26 bits per heavy atom. The molecule has 9 rings (SSSR count). The molecule has 0 bridgehead atoms. The van der Waals surface area contributed by atoms with E-state index >= 15 is 0 Å². The number of nitrogens with zero attached hydrogens (tertiary/aromatic N) is 6. The summed E-state index contributed by atoms with van der Waals surface area (Å²) in [5.41, 5.74) is 3.06. The summed E-state index contributed by atoms with van der Waals surface area (Å²) in [5, 5.41) is 14.5. The lowest BCUT2D eigenvalue weighted by molar-refractivity contribution is -0.138. The van der Waals surface area contributed by atoms with Gasteiger partial charge in [0, 0.05) is 63.5 Å². The number of amides is 5. The number of alkyl halides is 3. The average molecular weight is 907 g/mol. The standard InChI is InChI=1S/C48H49F3N8O7/c49-48(50,51)34-3-1-2-33(25-34)43(62)54-47-52-39-24-32(6-11-40(39)58(47)35-7-4-31(29-60)5-8-35)28-57-20-18-56(19-21-57)27-30-14-16-55(17-15-30)22-23-66-36-9-10-37-38(26-36)46(65)59(45(37)64)41-12-13-42(61)53-44(41)63/h1-11,24-26,30,41,60H,12-23,27-29H2,(H,52,54,62)(H,53,61,63). The third-order valence-electron chi connectivity index (χ3n) is 13.0. The van der Waals surface area contributed by atoms with Crippen LogP contribution >= 0.6 is 0 Å². The first-order valence-electron chi connectivity index (χ1n) is 22.2. The Morgan fingerprint density at radius 1 is 0.803 bits per heavy atom. The molecule has 5 heterocycles. The normalized spacial score (nSPS) is 19.1. The number of likely N-dealkylation sites (tertiary alicyclic amines) is 1. The number of piperidine rings is 2. The number of aliphatic hydroxyl groups excluding tert-OH is 1. The van der Waals surface area contributed by atoms with Gasteiger partial charge in [-0.05, 0) is 110 Å². The minimum absolute atomic E-state index is 0.0610. The molecule has 4 aliphatic rings. The van der Waals surface area contributed by atoms with Gasteiger partial charge in [0.15, 0.2) is 0 Å². The predicted molar refractivity (Wildman–Crippen MR) is 236 cm³/mol. The van der Waals surface area contributed by atoms with Crippen molar-refractivity contribution >= 4 is 46.5 Å². The number of carbonyl (C=O) groups is 5. The molecule has 0 saturated carbocycles. The molecule has 0 spiro atoms. The van der Waals surface area contributed by atoms with Crippen LogP contribution in [0.1, 0.15) is 73.4 Å². The van der Waals surface area contributed by atoms with E-state index in [1.807, 2.05) is 18.2 Å². The van der Waals surface area contributed by atoms with E-state index in [1.54, 1.807) is 47.0 Å². The summed E-state index contributed by atoms with van der Waals surface area (Å²) < 4.78 is 48.1. The molecule has 3 fully saturated rings. The Kier molecular flexibility index (Phi) is 12.7. The quantitative estimate of drug-likeness (QED) is 0.135. The summed E-state index contributed by atoms with van der Waals surface area (Å²) in [6.07, 6.45) is -2.29. The molecule has 18 heteroatoms. The van der Waals surface area contributed by atoms with Crippen molar-refractivity contribution in [1.82, 2.24) is 34.5 Å². The Hall–Kier alpha value is -6.47. The molecule has 5 amide bonds. The second kappa shape index (κ2) is 18.8. The molecule has 4 aromatic carbocycles. The summed E-state index contributed by atoms with van der Waals surface area (Å²) in [4.78, 5) is 76.5. The van der Waals surface area contributed by atoms with Gasteiger partial charge in [0.1, 0.15) is 18.4 Å². The number of aliphatic hydroxyl groups is 1. The van der Waals surface area contributed by atoms with E-state index in [0.29, 0.717) is 47.1 Å². The number of hydrogen-bond acceptors (Lipinski definition) is 11. The van der Waals surface area contributed by atoms with E-state index in [-0.39, 0.29) is 42.1 Å². The van der Waals surface area contributed by atoms with Crippen molar-refractivity contribution in [2.45, 2.75) is 51.1 Å². The number of benzene rings is 4. The largest absolute Gasteiger partial charge is 0.492 e. The average Bonchev–Trinajstić information content (AvgIpc) is 3.79. The van der Waals surface area contributed by atoms with E-state index in [1.165, 1.54) is 12.1 Å². The zero-order valence-electron chi connectivity index (χ0n) is 36.1. The first-order chi connectivity index (χ1) is 31.8. The zero-order chi connectivity index (χ0) is 46.1. The number of carbonyl (C=O) groups excluding carboxylic acids is 5. The van der Waals surface area contributed by atoms with Crippen LogP contribution in [0.3, 0.4) is 0 Å². The summed E-state index contributed by atoms with van der Waals surface area (Å²) >= 11 is 0. The van der Waals surface area contributed by atoms with Crippen LogP contribution in [-0.4, -0.2) is 129 Å². The van der Waals surface area contributed by atoms with Crippen molar-refractivity contribution in [3.8, 4) is 11.4 Å². The Balaban J connectivity index is 0.746. The van der Waals surface area contributed by atoms with Gasteiger partial charge < -0.3 is 14.7 Å². The highest BCUT2D eigenvalue weighted by molar-refractivity contribution is 6.23. The first kappa shape index (κ1) is 44.7. The topological polar surface area (TPSA) is 170 Å². The number of halogens is 3. The summed E-state index contributed by atoms with van der Waals surface area (Å²) in [6.45, 7) is 8.32. The maximum absolute atomic E-state index is 13.4. The summed E-state index contributed by atoms with van der Waals surface area (Å²) in [6, 6.07) is 21.1. The fraction of sp³-hybridized carbons (Fsp3) is 0.375. The lowest BCUT2D eigenvalue weighted by Gasteiger charge is -2.39. The third kappa shape index (κ3) is 9.58. The monoisotopic (exact) mass is 906 g/mol. The van der Waals surface area contributed by atoms with Crippen LogP contribution in [0, 0.1) is 5.92 Å². The van der Waals surface area contributed by atoms with Crippen molar-refractivity contribution in [2.75, 3.05) is 64.3 Å². The Bertz CT molecular complexity index is 2670. The summed E-state index contributed by atoms with van der Waals surface area (Å²) in [7, 11) is 0. The van der Waals surface area contributed by atoms with Crippen LogP contribution in [0.4, 0.5) is 19.1 Å². The number of aromatic nitrogens is 2. The van der Waals surface area contributed by atoms with Gasteiger partial charge in [-0.25, -0.2) is 4.98 Å². The molecule has 15 nitrogen and oxygen atoms in total. The van der Waals surface area contributed by atoms with E-state index in [2.05, 4.69) is 25.3 Å². The van der Waals surface area contributed by atoms with Gasteiger partial charge in [-0.2, -0.15) is 13.2 Å². The molecule has 1 aromatic heterocycles. The number of piperazine rings is 1. The van der Waals surface area contributed by atoms with E-state index in [9.17, 15) is 42.3 Å². The number of ether oxygens (including phenoxy) is 1. The zero-order valence-corrected chi connectivity index (χ0v) is 36.1. The highest BCUT2D eigenvalue weighted by Crippen LogP contribution is 2.33. The van der Waals surface area contributed by atoms with Crippen LogP contribution in [-0.2, 0) is 28.9 Å². The van der Waals surface area contributed by atoms with E-state index in [0.717, 1.165) is 87.8 Å². The molecule has 4 aliphatic heterocycles. The van der Waals surface area contributed by atoms with Crippen molar-refractivity contribution in [2.24, 2.45) is 5.92 Å². The second-order valence-corrected chi connectivity index (χ2v) is 17.3. The molecule has 5 aromatic rings. The van der Waals surface area contributed by atoms with Gasteiger partial charge in [0.2, 0.25) is 17.8 Å². The molecule has 3 N–H and O–H groups in total. The third-order valence-corrected chi connectivity index (χ3v) is 13.0. The molecular weight excluding hydrogens is 858 g/mol. The maximum atomic E-state index is 13.4. The molecular formula is C48H49F3N8O7. The smallest absolute Gasteiger partial charge is 0.416 e. The van der Waals surface area contributed by atoms with Crippen molar-refractivity contribution < 1.29 is 47.0 Å². The molecule has 0 aliphatic carbocycles. The minimum atomic E-state index is -4.60. The second-order valence-electron chi connectivity index (χ2n) is 17.3. The summed E-state index contributed by atoms with van der Waals surface area (Å²) in [5.74, 6) is -1.68. The Labute approximate surface area is 378 Å². The number of anilines is 1. The number of imide groups is 2. The van der Waals surface area contributed by atoms with Gasteiger partial charge in [-0.1, -0.05) is 24.3 Å². The van der Waals surface area contributed by atoms with Gasteiger partial charge >= 0.3 is 6.18 Å². The predicted octanol–water partition coefficient (Wildman–Crippen LogP) is 5.10.